The number of carbonyl (C=O) groups excluding carboxylic acids is 1. The molecule has 0 unspecified atom stereocenters. The summed E-state index contributed by atoms with van der Waals surface area (Å²) >= 11 is 0. The highest BCUT2D eigenvalue weighted by molar-refractivity contribution is 6.08. The van der Waals surface area contributed by atoms with Gasteiger partial charge in [0.1, 0.15) is 11.5 Å². The van der Waals surface area contributed by atoms with Crippen molar-refractivity contribution in [3.8, 4) is 0 Å². The molecule has 0 fully saturated rings. The third-order valence-corrected chi connectivity index (χ3v) is 2.34. The van der Waals surface area contributed by atoms with Crippen LogP contribution in [0.2, 0.25) is 0 Å². The van der Waals surface area contributed by atoms with Crippen molar-refractivity contribution < 1.29 is 13.6 Å². The van der Waals surface area contributed by atoms with Gasteiger partial charge in [0, 0.05) is 6.20 Å². The zero-order valence-corrected chi connectivity index (χ0v) is 9.08. The van der Waals surface area contributed by atoms with Crippen molar-refractivity contribution in [3.63, 3.8) is 0 Å². The summed E-state index contributed by atoms with van der Waals surface area (Å²) < 4.78 is 26.8. The number of halogens is 2. The summed E-state index contributed by atoms with van der Waals surface area (Å²) in [5.41, 5.74) is 0.200. The molecule has 0 saturated carbocycles. The molecule has 1 aromatic heterocycles. The van der Waals surface area contributed by atoms with E-state index in [0.717, 1.165) is 11.6 Å². The Morgan fingerprint density at radius 1 is 1.18 bits per heavy atom. The summed E-state index contributed by atoms with van der Waals surface area (Å²) in [5.74, 6) is -2.17. The lowest BCUT2D eigenvalue weighted by atomic mass is 10.0. The van der Waals surface area contributed by atoms with Crippen molar-refractivity contribution in [2.24, 2.45) is 0 Å². The second-order valence-corrected chi connectivity index (χ2v) is 3.65. The lowest BCUT2D eigenvalue weighted by Gasteiger charge is -2.04. The number of pyridine rings is 1. The highest BCUT2D eigenvalue weighted by atomic mass is 19.1. The molecule has 0 aliphatic rings. The molecule has 2 nitrogen and oxygen atoms in total. The molecule has 86 valence electrons. The van der Waals surface area contributed by atoms with Crippen molar-refractivity contribution in [1.29, 1.82) is 0 Å². The van der Waals surface area contributed by atoms with Gasteiger partial charge in [-0.2, -0.15) is 0 Å². The van der Waals surface area contributed by atoms with Crippen LogP contribution in [0.15, 0.2) is 36.5 Å². The second kappa shape index (κ2) is 4.41. The fourth-order valence-corrected chi connectivity index (χ4v) is 1.49. The number of ketones is 1. The molecule has 0 atom stereocenters. The molecule has 0 spiro atoms. The molecule has 1 aromatic carbocycles. The molecular weight excluding hydrogens is 224 g/mol. The first-order valence-electron chi connectivity index (χ1n) is 5.01. The van der Waals surface area contributed by atoms with E-state index < -0.39 is 17.4 Å². The first kappa shape index (κ1) is 11.4. The Kier molecular flexibility index (Phi) is 2.95. The Hall–Kier alpha value is -2.10. The Labute approximate surface area is 96.9 Å². The van der Waals surface area contributed by atoms with Gasteiger partial charge >= 0.3 is 0 Å². The highest BCUT2D eigenvalue weighted by Gasteiger charge is 2.18. The minimum atomic E-state index is -0.751. The van der Waals surface area contributed by atoms with Gasteiger partial charge in [-0.3, -0.25) is 4.79 Å². The van der Waals surface area contributed by atoms with Gasteiger partial charge < -0.3 is 0 Å². The summed E-state index contributed by atoms with van der Waals surface area (Å²) in [6.07, 6.45) is 1.30. The zero-order valence-electron chi connectivity index (χ0n) is 9.08. The van der Waals surface area contributed by atoms with E-state index in [9.17, 15) is 13.6 Å². The van der Waals surface area contributed by atoms with Crippen LogP contribution in [0.1, 0.15) is 21.6 Å². The molecule has 17 heavy (non-hydrogen) atoms. The summed E-state index contributed by atoms with van der Waals surface area (Å²) in [6.45, 7) is 1.73. The van der Waals surface area contributed by atoms with Gasteiger partial charge in [-0.1, -0.05) is 11.6 Å². The van der Waals surface area contributed by atoms with Gasteiger partial charge in [-0.05, 0) is 31.2 Å². The molecule has 1 heterocycles. The van der Waals surface area contributed by atoms with Crippen LogP contribution in [0, 0.1) is 18.6 Å². The fourth-order valence-electron chi connectivity index (χ4n) is 1.49. The third-order valence-electron chi connectivity index (χ3n) is 2.34. The fraction of sp³-hybridized carbons (Fsp3) is 0.0769. The number of rotatable bonds is 2. The number of aryl methyl sites for hydroxylation is 1. The van der Waals surface area contributed by atoms with Crippen LogP contribution in [0.3, 0.4) is 0 Å². The number of aromatic nitrogens is 1. The molecule has 0 N–H and O–H groups in total. The van der Waals surface area contributed by atoms with Crippen LogP contribution in [-0.4, -0.2) is 10.8 Å². The van der Waals surface area contributed by atoms with Crippen molar-refractivity contribution in [2.45, 2.75) is 6.92 Å². The van der Waals surface area contributed by atoms with E-state index in [0.29, 0.717) is 0 Å². The molecule has 2 rings (SSSR count). The predicted octanol–water partition coefficient (Wildman–Crippen LogP) is 2.90. The Morgan fingerprint density at radius 3 is 2.65 bits per heavy atom. The minimum Gasteiger partial charge on any atom is -0.287 e. The number of benzene rings is 1. The van der Waals surface area contributed by atoms with E-state index in [4.69, 9.17) is 0 Å². The van der Waals surface area contributed by atoms with Crippen molar-refractivity contribution in [3.05, 3.63) is 65.0 Å². The van der Waals surface area contributed by atoms with Gasteiger partial charge in [0.2, 0.25) is 5.78 Å². The molecule has 2 aromatic rings. The van der Waals surface area contributed by atoms with Crippen molar-refractivity contribution >= 4 is 5.78 Å². The molecule has 0 saturated heterocycles. The minimum absolute atomic E-state index is 0.164. The predicted molar refractivity (Wildman–Crippen MR) is 58.8 cm³/mol. The number of carbonyl (C=O) groups is 1. The first-order chi connectivity index (χ1) is 8.09. The van der Waals surface area contributed by atoms with Crippen LogP contribution in [-0.2, 0) is 0 Å². The van der Waals surface area contributed by atoms with Gasteiger partial charge in [0.15, 0.2) is 5.82 Å². The summed E-state index contributed by atoms with van der Waals surface area (Å²) in [7, 11) is 0. The monoisotopic (exact) mass is 233 g/mol. The number of hydrogen-bond donors (Lipinski definition) is 0. The summed E-state index contributed by atoms with van der Waals surface area (Å²) in [4.78, 5) is 15.5. The molecule has 0 aliphatic heterocycles. The molecule has 0 aliphatic carbocycles. The van der Waals surface area contributed by atoms with Crippen LogP contribution in [0.25, 0.3) is 0 Å². The summed E-state index contributed by atoms with van der Waals surface area (Å²) in [6, 6.07) is 6.60. The SMILES string of the molecule is Cc1ccc(F)c(C(=O)c2ncccc2F)c1. The molecule has 0 radical (unpaired) electrons. The highest BCUT2D eigenvalue weighted by Crippen LogP contribution is 2.15. The lowest BCUT2D eigenvalue weighted by Crippen LogP contribution is -2.09. The van der Waals surface area contributed by atoms with E-state index in [1.54, 1.807) is 13.0 Å². The van der Waals surface area contributed by atoms with Gasteiger partial charge in [-0.25, -0.2) is 13.8 Å². The maximum atomic E-state index is 13.5. The quantitative estimate of drug-likeness (QED) is 0.746. The Morgan fingerprint density at radius 2 is 1.94 bits per heavy atom. The van der Waals surface area contributed by atoms with E-state index in [1.807, 2.05) is 0 Å². The maximum Gasteiger partial charge on any atom is 0.217 e. The molecule has 0 amide bonds. The van der Waals surface area contributed by atoms with E-state index in [-0.39, 0.29) is 11.3 Å². The average molecular weight is 233 g/mol. The zero-order chi connectivity index (χ0) is 12.4. The topological polar surface area (TPSA) is 30.0 Å². The standard InChI is InChI=1S/C13H9F2NO/c1-8-4-5-10(14)9(7-8)13(17)12-11(15)3-2-6-16-12/h2-7H,1H3. The normalized spacial score (nSPS) is 10.3. The van der Waals surface area contributed by atoms with Crippen molar-refractivity contribution in [1.82, 2.24) is 4.98 Å². The first-order valence-corrected chi connectivity index (χ1v) is 5.01. The van der Waals surface area contributed by atoms with E-state index in [2.05, 4.69) is 4.98 Å². The average Bonchev–Trinajstić information content (AvgIpc) is 2.32. The van der Waals surface area contributed by atoms with Crippen LogP contribution >= 0.6 is 0 Å². The van der Waals surface area contributed by atoms with Gasteiger partial charge in [-0.15, -0.1) is 0 Å². The van der Waals surface area contributed by atoms with Crippen LogP contribution < -0.4 is 0 Å². The molecular formula is C13H9F2NO. The Balaban J connectivity index is 2.51. The van der Waals surface area contributed by atoms with Gasteiger partial charge in [0.25, 0.3) is 0 Å². The number of hydrogen-bond acceptors (Lipinski definition) is 2. The largest absolute Gasteiger partial charge is 0.287 e. The van der Waals surface area contributed by atoms with Crippen LogP contribution in [0.4, 0.5) is 8.78 Å². The lowest BCUT2D eigenvalue weighted by molar-refractivity contribution is 0.102. The van der Waals surface area contributed by atoms with E-state index >= 15 is 0 Å². The van der Waals surface area contributed by atoms with E-state index in [1.165, 1.54) is 24.4 Å². The smallest absolute Gasteiger partial charge is 0.217 e. The Bertz CT molecular complexity index is 581. The molecule has 0 bridgehead atoms. The second-order valence-electron chi connectivity index (χ2n) is 3.65. The van der Waals surface area contributed by atoms with Crippen LogP contribution in [0.5, 0.6) is 0 Å². The third kappa shape index (κ3) is 2.20. The van der Waals surface area contributed by atoms with Crippen molar-refractivity contribution in [2.75, 3.05) is 0 Å². The maximum absolute atomic E-state index is 13.5. The van der Waals surface area contributed by atoms with Gasteiger partial charge in [0.05, 0.1) is 5.56 Å². The number of nitrogens with zero attached hydrogens (tertiary/aromatic N) is 1. The molecule has 4 heteroatoms. The summed E-state index contributed by atoms with van der Waals surface area (Å²) in [5, 5.41) is 0.